The van der Waals surface area contributed by atoms with E-state index in [4.69, 9.17) is 23.7 Å². The van der Waals surface area contributed by atoms with Crippen LogP contribution in [0.1, 0.15) is 19.4 Å². The van der Waals surface area contributed by atoms with E-state index in [2.05, 4.69) is 0 Å². The van der Waals surface area contributed by atoms with Crippen molar-refractivity contribution in [1.82, 2.24) is 0 Å². The van der Waals surface area contributed by atoms with Crippen molar-refractivity contribution < 1.29 is 38.1 Å². The van der Waals surface area contributed by atoms with E-state index in [9.17, 15) is 14.4 Å². The van der Waals surface area contributed by atoms with Crippen LogP contribution in [-0.4, -0.2) is 54.9 Å². The number of ether oxygens (including phenoxy) is 5. The maximum Gasteiger partial charge on any atom is 0.339 e. The summed E-state index contributed by atoms with van der Waals surface area (Å²) in [7, 11) is 1.22. The molecule has 33 heavy (non-hydrogen) atoms. The molecule has 0 aliphatic carbocycles. The normalized spacial score (nSPS) is 24.5. The highest BCUT2D eigenvalue weighted by molar-refractivity contribution is 7.99. The number of carbonyl (C=O) groups excluding carboxylic acids is 3. The van der Waals surface area contributed by atoms with Gasteiger partial charge in [-0.15, -0.1) is 0 Å². The topological polar surface area (TPSA) is 97.4 Å². The minimum absolute atomic E-state index is 0.137. The SMILES string of the molecule is COC(=O)[C@@H]1O[C@H](Sc2ccccc2)[C@H](OC(C)=O)[C@@H](OCc2ccccc2)[C@@H]1OC(C)=O. The first-order valence-electron chi connectivity index (χ1n) is 10.3. The van der Waals surface area contributed by atoms with Gasteiger partial charge in [0.2, 0.25) is 0 Å². The molecule has 1 saturated heterocycles. The molecular formula is C24H26O8S. The van der Waals surface area contributed by atoms with Crippen LogP contribution >= 0.6 is 11.8 Å². The summed E-state index contributed by atoms with van der Waals surface area (Å²) >= 11 is 1.26. The Balaban J connectivity index is 1.98. The summed E-state index contributed by atoms with van der Waals surface area (Å²) in [6.45, 7) is 2.62. The molecule has 1 fully saturated rings. The van der Waals surface area contributed by atoms with Crippen molar-refractivity contribution in [2.45, 2.75) is 55.2 Å². The van der Waals surface area contributed by atoms with E-state index in [1.54, 1.807) is 0 Å². The third kappa shape index (κ3) is 6.80. The lowest BCUT2D eigenvalue weighted by atomic mass is 9.98. The lowest BCUT2D eigenvalue weighted by Crippen LogP contribution is -2.62. The van der Waals surface area contributed by atoms with Gasteiger partial charge in [0.25, 0.3) is 0 Å². The number of methoxy groups -OCH3 is 1. The Bertz CT molecular complexity index is 936. The number of benzene rings is 2. The maximum atomic E-state index is 12.6. The van der Waals surface area contributed by atoms with Crippen LogP contribution in [-0.2, 0) is 44.7 Å². The molecule has 0 amide bonds. The Kier molecular flexibility index (Phi) is 8.87. The Morgan fingerprint density at radius 1 is 0.848 bits per heavy atom. The standard InChI is InChI=1S/C24H26O8S/c1-15(25)30-20-19(29-14-17-10-6-4-7-11-17)22(31-16(2)26)24(32-21(20)23(27)28-3)33-18-12-8-5-9-13-18/h4-13,19-22,24H,14H2,1-3H3/t19-,20-,21+,22+,24+/m0/s1. The fraction of sp³-hybridized carbons (Fsp3) is 0.375. The zero-order valence-electron chi connectivity index (χ0n) is 18.5. The highest BCUT2D eigenvalue weighted by atomic mass is 32.2. The van der Waals surface area contributed by atoms with E-state index in [1.807, 2.05) is 60.7 Å². The first-order valence-corrected chi connectivity index (χ1v) is 11.2. The molecule has 0 saturated carbocycles. The molecule has 2 aromatic rings. The Hall–Kier alpha value is -2.88. The third-order valence-electron chi connectivity index (χ3n) is 4.81. The Labute approximate surface area is 196 Å². The van der Waals surface area contributed by atoms with E-state index in [0.29, 0.717) is 0 Å². The first-order chi connectivity index (χ1) is 15.9. The quantitative estimate of drug-likeness (QED) is 0.422. The van der Waals surface area contributed by atoms with Gasteiger partial charge in [-0.25, -0.2) is 4.79 Å². The summed E-state index contributed by atoms with van der Waals surface area (Å²) in [5.74, 6) is -1.93. The fourth-order valence-corrected chi connectivity index (χ4v) is 4.54. The fourth-order valence-electron chi connectivity index (χ4n) is 3.44. The van der Waals surface area contributed by atoms with Gasteiger partial charge in [0.15, 0.2) is 18.3 Å². The van der Waals surface area contributed by atoms with Gasteiger partial charge in [0.1, 0.15) is 11.5 Å². The molecule has 9 heteroatoms. The van der Waals surface area contributed by atoms with Gasteiger partial charge in [-0.1, -0.05) is 60.3 Å². The predicted octanol–water partition coefficient (Wildman–Crippen LogP) is 3.13. The van der Waals surface area contributed by atoms with Crippen LogP contribution in [0.5, 0.6) is 0 Å². The van der Waals surface area contributed by atoms with Gasteiger partial charge in [0, 0.05) is 18.7 Å². The first kappa shape index (κ1) is 24.8. The molecule has 0 spiro atoms. The van der Waals surface area contributed by atoms with Gasteiger partial charge in [0.05, 0.1) is 13.7 Å². The average Bonchev–Trinajstić information content (AvgIpc) is 2.80. The van der Waals surface area contributed by atoms with E-state index < -0.39 is 47.8 Å². The van der Waals surface area contributed by atoms with Crippen LogP contribution in [0.25, 0.3) is 0 Å². The lowest BCUT2D eigenvalue weighted by Gasteiger charge is -2.43. The molecule has 0 N–H and O–H groups in total. The van der Waals surface area contributed by atoms with Crippen LogP contribution in [0.3, 0.4) is 0 Å². The van der Waals surface area contributed by atoms with Crippen LogP contribution in [0.15, 0.2) is 65.6 Å². The maximum absolute atomic E-state index is 12.6. The van der Waals surface area contributed by atoms with Crippen molar-refractivity contribution in [3.8, 4) is 0 Å². The summed E-state index contributed by atoms with van der Waals surface area (Å²) in [4.78, 5) is 37.3. The highest BCUT2D eigenvalue weighted by Crippen LogP contribution is 2.37. The lowest BCUT2D eigenvalue weighted by molar-refractivity contribution is -0.238. The van der Waals surface area contributed by atoms with Crippen molar-refractivity contribution >= 4 is 29.7 Å². The van der Waals surface area contributed by atoms with Crippen molar-refractivity contribution in [3.05, 3.63) is 66.2 Å². The minimum Gasteiger partial charge on any atom is -0.467 e. The predicted molar refractivity (Wildman–Crippen MR) is 119 cm³/mol. The number of hydrogen-bond acceptors (Lipinski definition) is 9. The van der Waals surface area contributed by atoms with E-state index in [-0.39, 0.29) is 6.61 Å². The van der Waals surface area contributed by atoms with Crippen molar-refractivity contribution in [3.63, 3.8) is 0 Å². The molecule has 0 unspecified atom stereocenters. The van der Waals surface area contributed by atoms with Crippen molar-refractivity contribution in [1.29, 1.82) is 0 Å². The number of rotatable bonds is 8. The van der Waals surface area contributed by atoms with Crippen molar-refractivity contribution in [2.24, 2.45) is 0 Å². The van der Waals surface area contributed by atoms with E-state index in [0.717, 1.165) is 10.5 Å². The third-order valence-corrected chi connectivity index (χ3v) is 5.97. The largest absolute Gasteiger partial charge is 0.467 e. The molecule has 2 aromatic carbocycles. The Morgan fingerprint density at radius 2 is 1.42 bits per heavy atom. The smallest absolute Gasteiger partial charge is 0.339 e. The van der Waals surface area contributed by atoms with Crippen LogP contribution in [0, 0.1) is 0 Å². The molecule has 5 atom stereocenters. The molecule has 0 aromatic heterocycles. The summed E-state index contributed by atoms with van der Waals surface area (Å²) in [6.07, 6.45) is -4.41. The van der Waals surface area contributed by atoms with Crippen LogP contribution in [0.4, 0.5) is 0 Å². The summed E-state index contributed by atoms with van der Waals surface area (Å²) in [5, 5.41) is 0. The molecule has 1 aliphatic heterocycles. The van der Waals surface area contributed by atoms with E-state index >= 15 is 0 Å². The van der Waals surface area contributed by atoms with E-state index in [1.165, 1.54) is 32.7 Å². The molecular weight excluding hydrogens is 448 g/mol. The zero-order valence-corrected chi connectivity index (χ0v) is 19.4. The van der Waals surface area contributed by atoms with Crippen LogP contribution in [0.2, 0.25) is 0 Å². The van der Waals surface area contributed by atoms with Gasteiger partial charge in [-0.3, -0.25) is 9.59 Å². The summed E-state index contributed by atoms with van der Waals surface area (Å²) < 4.78 is 28.1. The molecule has 3 rings (SSSR count). The minimum atomic E-state index is -1.27. The molecule has 176 valence electrons. The second kappa shape index (κ2) is 11.8. The van der Waals surface area contributed by atoms with Gasteiger partial charge < -0.3 is 23.7 Å². The molecule has 1 heterocycles. The number of esters is 3. The monoisotopic (exact) mass is 474 g/mol. The molecule has 0 bridgehead atoms. The molecule has 8 nitrogen and oxygen atoms in total. The summed E-state index contributed by atoms with van der Waals surface area (Å²) in [6, 6.07) is 18.7. The highest BCUT2D eigenvalue weighted by Gasteiger charge is 2.53. The van der Waals surface area contributed by atoms with Crippen molar-refractivity contribution in [2.75, 3.05) is 7.11 Å². The number of hydrogen-bond donors (Lipinski definition) is 0. The second-order valence-corrected chi connectivity index (χ2v) is 8.46. The average molecular weight is 475 g/mol. The molecule has 1 aliphatic rings. The van der Waals surface area contributed by atoms with Gasteiger partial charge >= 0.3 is 17.9 Å². The second-order valence-electron chi connectivity index (χ2n) is 7.29. The number of thioether (sulfide) groups is 1. The zero-order chi connectivity index (χ0) is 23.8. The summed E-state index contributed by atoms with van der Waals surface area (Å²) in [5.41, 5.74) is 0.0296. The van der Waals surface area contributed by atoms with Gasteiger partial charge in [-0.05, 0) is 17.7 Å². The number of carbonyl (C=O) groups is 3. The van der Waals surface area contributed by atoms with Crippen LogP contribution < -0.4 is 0 Å². The molecule has 0 radical (unpaired) electrons. The Morgan fingerprint density at radius 3 is 2.00 bits per heavy atom. The van der Waals surface area contributed by atoms with Gasteiger partial charge in [-0.2, -0.15) is 0 Å².